The van der Waals surface area contributed by atoms with Crippen LogP contribution in [-0.2, 0) is 6.42 Å². The van der Waals surface area contributed by atoms with Gasteiger partial charge in [0.2, 0.25) is 0 Å². The predicted molar refractivity (Wildman–Crippen MR) is 102 cm³/mol. The number of benzene rings is 1. The third kappa shape index (κ3) is 4.42. The van der Waals surface area contributed by atoms with Crippen LogP contribution in [0.15, 0.2) is 40.8 Å². The van der Waals surface area contributed by atoms with Crippen LogP contribution in [0.25, 0.3) is 0 Å². The van der Waals surface area contributed by atoms with E-state index in [0.29, 0.717) is 37.4 Å². The van der Waals surface area contributed by atoms with Gasteiger partial charge in [-0.25, -0.2) is 4.79 Å². The normalized spacial score (nSPS) is 16.6. The summed E-state index contributed by atoms with van der Waals surface area (Å²) >= 11 is 0. The number of furan rings is 1. The van der Waals surface area contributed by atoms with Crippen molar-refractivity contribution in [1.82, 2.24) is 10.2 Å². The number of amides is 2. The number of carboxylic acid groups (broad SMARTS) is 1. The largest absolute Gasteiger partial charge is 0.478 e. The smallest absolute Gasteiger partial charge is 0.339 e. The Bertz CT molecular complexity index is 859. The number of nitrogens with zero attached hydrogens (tertiary/aromatic N) is 1. The average molecular weight is 384 g/mol. The van der Waals surface area contributed by atoms with E-state index in [1.54, 1.807) is 24.0 Å². The van der Waals surface area contributed by atoms with E-state index in [2.05, 4.69) is 5.32 Å². The topological polar surface area (TPSA) is 99.9 Å². The Hall–Kier alpha value is -3.09. The van der Waals surface area contributed by atoms with Crippen molar-refractivity contribution in [1.29, 1.82) is 0 Å². The first-order valence-electron chi connectivity index (χ1n) is 9.48. The van der Waals surface area contributed by atoms with Gasteiger partial charge >= 0.3 is 5.97 Å². The lowest BCUT2D eigenvalue weighted by molar-refractivity contribution is 0.0635. The lowest BCUT2D eigenvalue weighted by Crippen LogP contribution is -2.43. The number of hydrogen-bond donors (Lipinski definition) is 2. The molecule has 0 spiro atoms. The summed E-state index contributed by atoms with van der Waals surface area (Å²) in [5.74, 6) is -1.03. The van der Waals surface area contributed by atoms with Gasteiger partial charge in [-0.05, 0) is 30.9 Å². The molecule has 2 amide bonds. The van der Waals surface area contributed by atoms with Crippen LogP contribution in [0.2, 0.25) is 0 Å². The standard InChI is InChI=1S/C21H24N2O5/c1-2-17-16(21(26)27)11-18(28-17)20(25)23-10-6-7-14(13-23)12-22-19(24)15-8-4-3-5-9-15/h3-5,8-9,11,14H,2,6-7,10,12-13H2,1H3,(H,22,24)(H,26,27). The molecule has 1 aromatic heterocycles. The average Bonchev–Trinajstić information content (AvgIpc) is 3.17. The minimum absolute atomic E-state index is 0.0366. The van der Waals surface area contributed by atoms with E-state index in [4.69, 9.17) is 4.42 Å². The fraction of sp³-hybridized carbons (Fsp3) is 0.381. The highest BCUT2D eigenvalue weighted by molar-refractivity contribution is 5.96. The summed E-state index contributed by atoms with van der Waals surface area (Å²) in [6.45, 7) is 3.35. The maximum absolute atomic E-state index is 12.8. The second-order valence-corrected chi connectivity index (χ2v) is 6.94. The molecule has 28 heavy (non-hydrogen) atoms. The minimum Gasteiger partial charge on any atom is -0.478 e. The molecule has 3 rings (SSSR count). The van der Waals surface area contributed by atoms with Crippen LogP contribution in [0.1, 0.15) is 56.8 Å². The second kappa shape index (κ2) is 8.73. The zero-order chi connectivity index (χ0) is 20.1. The van der Waals surface area contributed by atoms with Gasteiger partial charge in [-0.1, -0.05) is 25.1 Å². The number of carboxylic acids is 1. The molecule has 1 unspecified atom stereocenters. The molecule has 1 aliphatic heterocycles. The monoisotopic (exact) mass is 384 g/mol. The maximum atomic E-state index is 12.8. The number of aryl methyl sites for hydroxylation is 1. The molecular formula is C21H24N2O5. The van der Waals surface area contributed by atoms with Gasteiger partial charge in [0.25, 0.3) is 11.8 Å². The number of piperidine rings is 1. The molecule has 148 valence electrons. The van der Waals surface area contributed by atoms with Crippen LogP contribution in [0.5, 0.6) is 0 Å². The molecule has 0 aliphatic carbocycles. The fourth-order valence-corrected chi connectivity index (χ4v) is 3.48. The molecule has 2 N–H and O–H groups in total. The quantitative estimate of drug-likeness (QED) is 0.798. The van der Waals surface area contributed by atoms with Crippen molar-refractivity contribution < 1.29 is 23.9 Å². The molecule has 1 atom stereocenters. The van der Waals surface area contributed by atoms with Gasteiger partial charge in [-0.3, -0.25) is 9.59 Å². The van der Waals surface area contributed by atoms with Gasteiger partial charge in [0.15, 0.2) is 5.76 Å². The third-order valence-electron chi connectivity index (χ3n) is 4.96. The van der Waals surface area contributed by atoms with Crippen molar-refractivity contribution in [2.24, 2.45) is 5.92 Å². The van der Waals surface area contributed by atoms with E-state index in [1.807, 2.05) is 18.2 Å². The van der Waals surface area contributed by atoms with Crippen LogP contribution >= 0.6 is 0 Å². The Morgan fingerprint density at radius 3 is 2.64 bits per heavy atom. The minimum atomic E-state index is -1.10. The van der Waals surface area contributed by atoms with Gasteiger partial charge < -0.3 is 19.7 Å². The van der Waals surface area contributed by atoms with Crippen molar-refractivity contribution in [2.75, 3.05) is 19.6 Å². The lowest BCUT2D eigenvalue weighted by atomic mass is 9.97. The number of hydrogen-bond acceptors (Lipinski definition) is 4. The van der Waals surface area contributed by atoms with Gasteiger partial charge in [-0.2, -0.15) is 0 Å². The molecule has 0 radical (unpaired) electrons. The summed E-state index contributed by atoms with van der Waals surface area (Å²) < 4.78 is 5.49. The van der Waals surface area contributed by atoms with E-state index in [0.717, 1.165) is 12.8 Å². The number of nitrogens with one attached hydrogen (secondary N) is 1. The SMILES string of the molecule is CCc1oc(C(=O)N2CCCC(CNC(=O)c3ccccc3)C2)cc1C(=O)O. The first kappa shape index (κ1) is 19.7. The van der Waals surface area contributed by atoms with Gasteiger partial charge in [0, 0.05) is 37.7 Å². The Morgan fingerprint density at radius 2 is 2.00 bits per heavy atom. The molecular weight excluding hydrogens is 360 g/mol. The van der Waals surface area contributed by atoms with E-state index >= 15 is 0 Å². The van der Waals surface area contributed by atoms with Crippen LogP contribution in [0, 0.1) is 5.92 Å². The summed E-state index contributed by atoms with van der Waals surface area (Å²) in [5.41, 5.74) is 0.643. The van der Waals surface area contributed by atoms with Crippen molar-refractivity contribution in [2.45, 2.75) is 26.2 Å². The summed E-state index contributed by atoms with van der Waals surface area (Å²) in [4.78, 5) is 37.9. The fourth-order valence-electron chi connectivity index (χ4n) is 3.48. The van der Waals surface area contributed by atoms with Crippen molar-refractivity contribution in [3.63, 3.8) is 0 Å². The zero-order valence-corrected chi connectivity index (χ0v) is 15.8. The summed E-state index contributed by atoms with van der Waals surface area (Å²) in [6.07, 6.45) is 2.14. The Kier molecular flexibility index (Phi) is 6.13. The van der Waals surface area contributed by atoms with Crippen LogP contribution in [0.4, 0.5) is 0 Å². The van der Waals surface area contributed by atoms with E-state index in [-0.39, 0.29) is 29.1 Å². The Morgan fingerprint density at radius 1 is 1.25 bits per heavy atom. The molecule has 1 aliphatic rings. The van der Waals surface area contributed by atoms with E-state index in [9.17, 15) is 19.5 Å². The third-order valence-corrected chi connectivity index (χ3v) is 4.96. The molecule has 1 fully saturated rings. The van der Waals surface area contributed by atoms with Gasteiger partial charge in [0.05, 0.1) is 0 Å². The summed E-state index contributed by atoms with van der Waals surface area (Å²) in [5, 5.41) is 12.2. The number of likely N-dealkylation sites (tertiary alicyclic amines) is 1. The Labute approximate surface area is 163 Å². The Balaban J connectivity index is 1.61. The van der Waals surface area contributed by atoms with Crippen LogP contribution in [0.3, 0.4) is 0 Å². The van der Waals surface area contributed by atoms with Crippen molar-refractivity contribution in [3.05, 3.63) is 59.0 Å². The van der Waals surface area contributed by atoms with E-state index < -0.39 is 5.97 Å². The highest BCUT2D eigenvalue weighted by Gasteiger charge is 2.28. The summed E-state index contributed by atoms with van der Waals surface area (Å²) in [6, 6.07) is 10.3. The number of aromatic carboxylic acids is 1. The maximum Gasteiger partial charge on any atom is 0.339 e. The van der Waals surface area contributed by atoms with Crippen LogP contribution < -0.4 is 5.32 Å². The molecule has 7 heteroatoms. The first-order chi connectivity index (χ1) is 13.5. The van der Waals surface area contributed by atoms with Crippen LogP contribution in [-0.4, -0.2) is 47.4 Å². The molecule has 7 nitrogen and oxygen atoms in total. The van der Waals surface area contributed by atoms with Crippen molar-refractivity contribution >= 4 is 17.8 Å². The predicted octanol–water partition coefficient (Wildman–Crippen LogP) is 2.82. The van der Waals surface area contributed by atoms with Crippen molar-refractivity contribution in [3.8, 4) is 0 Å². The molecule has 2 aromatic rings. The van der Waals surface area contributed by atoms with E-state index in [1.165, 1.54) is 6.07 Å². The number of carbonyl (C=O) groups is 3. The number of carbonyl (C=O) groups excluding carboxylic acids is 2. The molecule has 0 bridgehead atoms. The highest BCUT2D eigenvalue weighted by atomic mass is 16.4. The molecule has 0 saturated carbocycles. The lowest BCUT2D eigenvalue weighted by Gasteiger charge is -2.32. The first-order valence-corrected chi connectivity index (χ1v) is 9.48. The second-order valence-electron chi connectivity index (χ2n) is 6.94. The molecule has 1 saturated heterocycles. The number of rotatable bonds is 6. The highest BCUT2D eigenvalue weighted by Crippen LogP contribution is 2.22. The molecule has 1 aromatic carbocycles. The van der Waals surface area contributed by atoms with Gasteiger partial charge in [0.1, 0.15) is 11.3 Å². The summed E-state index contributed by atoms with van der Waals surface area (Å²) in [7, 11) is 0. The molecule has 2 heterocycles. The zero-order valence-electron chi connectivity index (χ0n) is 15.8. The van der Waals surface area contributed by atoms with Gasteiger partial charge in [-0.15, -0.1) is 0 Å².